The lowest BCUT2D eigenvalue weighted by molar-refractivity contribution is 0.0945. The van der Waals surface area contributed by atoms with Crippen molar-refractivity contribution < 1.29 is 18.7 Å². The SMILES string of the molecule is CCOc1ccccc1NC(=O)c1cccc(C(=O)NCc2ccccc2F)n1. The number of rotatable bonds is 7. The predicted molar refractivity (Wildman–Crippen MR) is 107 cm³/mol. The maximum Gasteiger partial charge on any atom is 0.274 e. The van der Waals surface area contributed by atoms with Gasteiger partial charge in [-0.25, -0.2) is 9.37 Å². The van der Waals surface area contributed by atoms with Gasteiger partial charge in [-0.05, 0) is 37.3 Å². The number of nitrogens with one attached hydrogen (secondary N) is 2. The zero-order valence-electron chi connectivity index (χ0n) is 15.8. The molecule has 3 rings (SSSR count). The van der Waals surface area contributed by atoms with Crippen LogP contribution in [0.1, 0.15) is 33.5 Å². The molecule has 0 aliphatic carbocycles. The normalized spacial score (nSPS) is 10.3. The summed E-state index contributed by atoms with van der Waals surface area (Å²) < 4.78 is 19.2. The molecule has 0 atom stereocenters. The molecule has 1 aromatic heterocycles. The van der Waals surface area contributed by atoms with E-state index in [1.54, 1.807) is 48.5 Å². The quantitative estimate of drug-likeness (QED) is 0.640. The fourth-order valence-electron chi connectivity index (χ4n) is 2.63. The molecule has 3 aromatic rings. The van der Waals surface area contributed by atoms with E-state index < -0.39 is 17.6 Å². The number of carbonyl (C=O) groups excluding carboxylic acids is 2. The van der Waals surface area contributed by atoms with E-state index in [-0.39, 0.29) is 17.9 Å². The highest BCUT2D eigenvalue weighted by atomic mass is 19.1. The molecule has 0 aliphatic heterocycles. The van der Waals surface area contributed by atoms with Gasteiger partial charge in [0.2, 0.25) is 0 Å². The standard InChI is InChI=1S/C22H20FN3O3/c1-2-29-20-13-6-5-10-17(20)26-22(28)19-12-7-11-18(25-19)21(27)24-14-15-8-3-4-9-16(15)23/h3-13H,2,14H2,1H3,(H,24,27)(H,26,28). The molecule has 0 spiro atoms. The molecule has 7 heteroatoms. The van der Waals surface area contributed by atoms with Gasteiger partial charge in [-0.15, -0.1) is 0 Å². The van der Waals surface area contributed by atoms with Crippen molar-refractivity contribution in [1.29, 1.82) is 0 Å². The third-order valence-electron chi connectivity index (χ3n) is 4.05. The molecule has 0 radical (unpaired) electrons. The number of hydrogen-bond acceptors (Lipinski definition) is 4. The summed E-state index contributed by atoms with van der Waals surface area (Å²) in [5, 5.41) is 5.34. The van der Waals surface area contributed by atoms with Gasteiger partial charge in [0.15, 0.2) is 0 Å². The fraction of sp³-hybridized carbons (Fsp3) is 0.136. The van der Waals surface area contributed by atoms with Gasteiger partial charge in [0.05, 0.1) is 12.3 Å². The zero-order valence-corrected chi connectivity index (χ0v) is 15.8. The van der Waals surface area contributed by atoms with Crippen molar-refractivity contribution in [3.8, 4) is 5.75 Å². The van der Waals surface area contributed by atoms with Crippen LogP contribution >= 0.6 is 0 Å². The number of anilines is 1. The molecular formula is C22H20FN3O3. The minimum absolute atomic E-state index is 0.0192. The summed E-state index contributed by atoms with van der Waals surface area (Å²) in [6, 6.07) is 17.8. The second-order valence-corrected chi connectivity index (χ2v) is 6.07. The van der Waals surface area contributed by atoms with E-state index in [1.807, 2.05) is 6.92 Å². The van der Waals surface area contributed by atoms with Crippen molar-refractivity contribution >= 4 is 17.5 Å². The molecule has 0 bridgehead atoms. The van der Waals surface area contributed by atoms with Gasteiger partial charge in [0.25, 0.3) is 11.8 Å². The lowest BCUT2D eigenvalue weighted by atomic mass is 10.2. The van der Waals surface area contributed by atoms with Crippen molar-refractivity contribution in [2.45, 2.75) is 13.5 Å². The summed E-state index contributed by atoms with van der Waals surface area (Å²) in [5.41, 5.74) is 1.01. The summed E-state index contributed by atoms with van der Waals surface area (Å²) in [6.07, 6.45) is 0. The van der Waals surface area contributed by atoms with Gasteiger partial charge < -0.3 is 15.4 Å². The molecule has 1 heterocycles. The molecular weight excluding hydrogens is 373 g/mol. The highest BCUT2D eigenvalue weighted by Crippen LogP contribution is 2.24. The third-order valence-corrected chi connectivity index (χ3v) is 4.05. The summed E-state index contributed by atoms with van der Waals surface area (Å²) in [6.45, 7) is 2.33. The van der Waals surface area contributed by atoms with Crippen molar-refractivity contribution in [2.24, 2.45) is 0 Å². The van der Waals surface area contributed by atoms with E-state index in [9.17, 15) is 14.0 Å². The fourth-order valence-corrected chi connectivity index (χ4v) is 2.63. The molecule has 2 aromatic carbocycles. The number of para-hydroxylation sites is 2. The molecule has 0 unspecified atom stereocenters. The van der Waals surface area contributed by atoms with Crippen molar-refractivity contribution in [3.05, 3.63) is 89.5 Å². The molecule has 0 saturated heterocycles. The van der Waals surface area contributed by atoms with Crippen LogP contribution in [0.5, 0.6) is 5.75 Å². The van der Waals surface area contributed by atoms with Crippen LogP contribution in [0.4, 0.5) is 10.1 Å². The van der Waals surface area contributed by atoms with Crippen LogP contribution in [-0.4, -0.2) is 23.4 Å². The number of aromatic nitrogens is 1. The number of ether oxygens (including phenoxy) is 1. The highest BCUT2D eigenvalue weighted by Gasteiger charge is 2.14. The number of nitrogens with zero attached hydrogens (tertiary/aromatic N) is 1. The van der Waals surface area contributed by atoms with E-state index >= 15 is 0 Å². The second kappa shape index (κ2) is 9.45. The Morgan fingerprint density at radius 3 is 2.38 bits per heavy atom. The summed E-state index contributed by atoms with van der Waals surface area (Å²) >= 11 is 0. The lowest BCUT2D eigenvalue weighted by Crippen LogP contribution is -2.25. The third kappa shape index (κ3) is 5.16. The average Bonchev–Trinajstić information content (AvgIpc) is 2.74. The Hall–Kier alpha value is -3.74. The van der Waals surface area contributed by atoms with Crippen LogP contribution in [0.25, 0.3) is 0 Å². The van der Waals surface area contributed by atoms with Gasteiger partial charge >= 0.3 is 0 Å². The van der Waals surface area contributed by atoms with E-state index in [1.165, 1.54) is 18.2 Å². The molecule has 6 nitrogen and oxygen atoms in total. The number of pyridine rings is 1. The number of hydrogen-bond donors (Lipinski definition) is 2. The Bertz CT molecular complexity index is 1020. The molecule has 0 fully saturated rings. The lowest BCUT2D eigenvalue weighted by Gasteiger charge is -2.11. The second-order valence-electron chi connectivity index (χ2n) is 6.07. The monoisotopic (exact) mass is 393 g/mol. The van der Waals surface area contributed by atoms with Crippen LogP contribution < -0.4 is 15.4 Å². The number of carbonyl (C=O) groups is 2. The average molecular weight is 393 g/mol. The van der Waals surface area contributed by atoms with E-state index in [0.29, 0.717) is 23.6 Å². The zero-order chi connectivity index (χ0) is 20.6. The van der Waals surface area contributed by atoms with Gasteiger partial charge in [-0.2, -0.15) is 0 Å². The number of halogens is 1. The van der Waals surface area contributed by atoms with Crippen molar-refractivity contribution in [2.75, 3.05) is 11.9 Å². The molecule has 29 heavy (non-hydrogen) atoms. The van der Waals surface area contributed by atoms with Crippen molar-refractivity contribution in [1.82, 2.24) is 10.3 Å². The first-order valence-electron chi connectivity index (χ1n) is 9.10. The van der Waals surface area contributed by atoms with Crippen LogP contribution in [0.15, 0.2) is 66.7 Å². The molecule has 148 valence electrons. The van der Waals surface area contributed by atoms with Gasteiger partial charge in [-0.1, -0.05) is 36.4 Å². The first kappa shape index (κ1) is 20.0. The van der Waals surface area contributed by atoms with Gasteiger partial charge in [0.1, 0.15) is 23.0 Å². The van der Waals surface area contributed by atoms with Crippen LogP contribution in [0.3, 0.4) is 0 Å². The van der Waals surface area contributed by atoms with Crippen LogP contribution in [0, 0.1) is 5.82 Å². The Labute approximate surface area is 167 Å². The van der Waals surface area contributed by atoms with Crippen LogP contribution in [-0.2, 0) is 6.54 Å². The molecule has 0 saturated carbocycles. The first-order chi connectivity index (χ1) is 14.1. The topological polar surface area (TPSA) is 80.3 Å². The van der Waals surface area contributed by atoms with Gasteiger partial charge in [0, 0.05) is 12.1 Å². The molecule has 2 N–H and O–H groups in total. The minimum atomic E-state index is -0.502. The Morgan fingerprint density at radius 1 is 0.931 bits per heavy atom. The minimum Gasteiger partial charge on any atom is -0.492 e. The van der Waals surface area contributed by atoms with E-state index in [4.69, 9.17) is 4.74 Å². The summed E-state index contributed by atoms with van der Waals surface area (Å²) in [4.78, 5) is 29.0. The van der Waals surface area contributed by atoms with Gasteiger partial charge in [-0.3, -0.25) is 9.59 Å². The smallest absolute Gasteiger partial charge is 0.274 e. The first-order valence-corrected chi connectivity index (χ1v) is 9.10. The van der Waals surface area contributed by atoms with Crippen LogP contribution in [0.2, 0.25) is 0 Å². The molecule has 2 amide bonds. The largest absolute Gasteiger partial charge is 0.492 e. The summed E-state index contributed by atoms with van der Waals surface area (Å²) in [7, 11) is 0. The number of amides is 2. The number of benzene rings is 2. The Kier molecular flexibility index (Phi) is 6.52. The predicted octanol–water partition coefficient (Wildman–Crippen LogP) is 3.80. The van der Waals surface area contributed by atoms with E-state index in [0.717, 1.165) is 0 Å². The maximum absolute atomic E-state index is 13.7. The van der Waals surface area contributed by atoms with Crippen molar-refractivity contribution in [3.63, 3.8) is 0 Å². The molecule has 0 aliphatic rings. The Morgan fingerprint density at radius 2 is 1.62 bits per heavy atom. The highest BCUT2D eigenvalue weighted by molar-refractivity contribution is 6.04. The summed E-state index contributed by atoms with van der Waals surface area (Å²) in [5.74, 6) is -0.831. The Balaban J connectivity index is 1.69. The maximum atomic E-state index is 13.7. The van der Waals surface area contributed by atoms with E-state index in [2.05, 4.69) is 15.6 Å².